The van der Waals surface area contributed by atoms with E-state index in [1.165, 1.54) is 11.1 Å². The molecule has 1 atom stereocenters. The van der Waals surface area contributed by atoms with Crippen LogP contribution in [0.25, 0.3) is 0 Å². The molecule has 0 bridgehead atoms. The van der Waals surface area contributed by atoms with Crippen LogP contribution in [0.15, 0.2) is 30.5 Å². The minimum atomic E-state index is 0.157. The predicted octanol–water partition coefficient (Wildman–Crippen LogP) is 3.81. The van der Waals surface area contributed by atoms with Gasteiger partial charge in [-0.1, -0.05) is 31.5 Å². The van der Waals surface area contributed by atoms with Crippen LogP contribution in [0.2, 0.25) is 5.02 Å². The fourth-order valence-electron chi connectivity index (χ4n) is 2.92. The second-order valence-corrected chi connectivity index (χ2v) is 6.40. The molecular weight excluding hydrogens is 258 g/mol. The average Bonchev–Trinajstić information content (AvgIpc) is 2.83. The van der Waals surface area contributed by atoms with Gasteiger partial charge in [0, 0.05) is 24.3 Å². The van der Waals surface area contributed by atoms with Crippen LogP contribution in [-0.4, -0.2) is 9.78 Å². The molecule has 1 aromatic carbocycles. The Bertz CT molecular complexity index is 616. The summed E-state index contributed by atoms with van der Waals surface area (Å²) in [7, 11) is 1.93. The van der Waals surface area contributed by atoms with Crippen LogP contribution in [-0.2, 0) is 13.5 Å². The van der Waals surface area contributed by atoms with Crippen LogP contribution < -0.4 is 5.32 Å². The van der Waals surface area contributed by atoms with Crippen LogP contribution in [0, 0.1) is 5.41 Å². The maximum atomic E-state index is 6.14. The molecule has 19 heavy (non-hydrogen) atoms. The number of rotatable bonds is 2. The van der Waals surface area contributed by atoms with Crippen molar-refractivity contribution >= 4 is 17.4 Å². The second-order valence-electron chi connectivity index (χ2n) is 5.96. The molecule has 0 saturated carbocycles. The van der Waals surface area contributed by atoms with Gasteiger partial charge in [-0.15, -0.1) is 0 Å². The van der Waals surface area contributed by atoms with Crippen molar-refractivity contribution in [3.8, 4) is 0 Å². The molecule has 1 unspecified atom stereocenters. The molecule has 0 amide bonds. The maximum absolute atomic E-state index is 6.14. The molecule has 1 heterocycles. The van der Waals surface area contributed by atoms with Crippen molar-refractivity contribution in [3.05, 3.63) is 46.6 Å². The Kier molecular flexibility index (Phi) is 2.82. The monoisotopic (exact) mass is 275 g/mol. The molecule has 1 aromatic heterocycles. The summed E-state index contributed by atoms with van der Waals surface area (Å²) in [5.74, 6) is 0.911. The van der Waals surface area contributed by atoms with E-state index in [1.54, 1.807) is 0 Å². The Morgan fingerprint density at radius 3 is 2.84 bits per heavy atom. The fraction of sp³-hybridized carbons (Fsp3) is 0.400. The summed E-state index contributed by atoms with van der Waals surface area (Å²) in [5.41, 5.74) is 2.83. The Labute approximate surface area is 118 Å². The van der Waals surface area contributed by atoms with Gasteiger partial charge in [0.05, 0.1) is 6.04 Å². The van der Waals surface area contributed by atoms with E-state index in [-0.39, 0.29) is 11.5 Å². The first-order valence-corrected chi connectivity index (χ1v) is 6.88. The van der Waals surface area contributed by atoms with Gasteiger partial charge in [0.2, 0.25) is 0 Å². The van der Waals surface area contributed by atoms with Crippen molar-refractivity contribution in [1.82, 2.24) is 9.78 Å². The molecule has 3 rings (SSSR count). The van der Waals surface area contributed by atoms with E-state index in [9.17, 15) is 0 Å². The molecule has 0 radical (unpaired) electrons. The third-order valence-electron chi connectivity index (χ3n) is 3.85. The number of benzene rings is 1. The highest BCUT2D eigenvalue weighted by Crippen LogP contribution is 2.47. The Morgan fingerprint density at radius 1 is 1.37 bits per heavy atom. The highest BCUT2D eigenvalue weighted by molar-refractivity contribution is 6.30. The van der Waals surface area contributed by atoms with E-state index >= 15 is 0 Å². The molecule has 3 nitrogen and oxygen atoms in total. The lowest BCUT2D eigenvalue weighted by Crippen LogP contribution is -2.24. The standard InChI is InChI=1S/C15H18ClN3/c1-15(2)9-10-4-5-11(16)8-12(10)14(15)17-13-6-7-19(3)18-13/h4-8,14H,9H2,1-3H3,(H,17,18). The summed E-state index contributed by atoms with van der Waals surface area (Å²) < 4.78 is 1.81. The maximum Gasteiger partial charge on any atom is 0.148 e. The molecule has 1 aliphatic rings. The molecule has 100 valence electrons. The van der Waals surface area contributed by atoms with E-state index in [2.05, 4.69) is 36.4 Å². The first-order chi connectivity index (χ1) is 8.95. The quantitative estimate of drug-likeness (QED) is 0.903. The molecule has 0 aliphatic heterocycles. The summed E-state index contributed by atoms with van der Waals surface area (Å²) in [6.07, 6.45) is 3.01. The van der Waals surface area contributed by atoms with Gasteiger partial charge in [0.1, 0.15) is 5.82 Å². The number of nitrogens with one attached hydrogen (secondary N) is 1. The highest BCUT2D eigenvalue weighted by atomic mass is 35.5. The molecule has 1 aliphatic carbocycles. The second kappa shape index (κ2) is 4.27. The number of fused-ring (bicyclic) bond motifs is 1. The molecule has 0 fully saturated rings. The summed E-state index contributed by atoms with van der Waals surface area (Å²) in [6.45, 7) is 4.56. The van der Waals surface area contributed by atoms with Crippen LogP contribution in [0.5, 0.6) is 0 Å². The molecule has 0 saturated heterocycles. The minimum Gasteiger partial charge on any atom is -0.361 e. The van der Waals surface area contributed by atoms with Crippen LogP contribution in [0.4, 0.5) is 5.82 Å². The zero-order chi connectivity index (χ0) is 13.6. The van der Waals surface area contributed by atoms with E-state index in [4.69, 9.17) is 11.6 Å². The lowest BCUT2D eigenvalue weighted by Gasteiger charge is -2.28. The van der Waals surface area contributed by atoms with Crippen molar-refractivity contribution in [2.75, 3.05) is 5.32 Å². The average molecular weight is 276 g/mol. The number of aromatic nitrogens is 2. The van der Waals surface area contributed by atoms with Crippen molar-refractivity contribution in [2.24, 2.45) is 12.5 Å². The third kappa shape index (κ3) is 2.23. The van der Waals surface area contributed by atoms with Crippen LogP contribution >= 0.6 is 11.6 Å². The number of anilines is 1. The molecule has 2 aromatic rings. The SMILES string of the molecule is Cn1ccc(NC2c3cc(Cl)ccc3CC2(C)C)n1. The molecule has 4 heteroatoms. The highest BCUT2D eigenvalue weighted by Gasteiger charge is 2.39. The van der Waals surface area contributed by atoms with E-state index in [0.717, 1.165) is 17.3 Å². The number of halogens is 1. The van der Waals surface area contributed by atoms with E-state index in [0.29, 0.717) is 0 Å². The van der Waals surface area contributed by atoms with Gasteiger partial charge in [0.25, 0.3) is 0 Å². The first-order valence-electron chi connectivity index (χ1n) is 6.50. The number of hydrogen-bond acceptors (Lipinski definition) is 2. The van der Waals surface area contributed by atoms with E-state index < -0.39 is 0 Å². The molecule has 0 spiro atoms. The van der Waals surface area contributed by atoms with Gasteiger partial charge in [-0.3, -0.25) is 4.68 Å². The topological polar surface area (TPSA) is 29.9 Å². The van der Waals surface area contributed by atoms with Gasteiger partial charge in [-0.05, 0) is 35.1 Å². The molecular formula is C15H18ClN3. The normalized spacial score (nSPS) is 20.3. The smallest absolute Gasteiger partial charge is 0.148 e. The third-order valence-corrected chi connectivity index (χ3v) is 4.09. The van der Waals surface area contributed by atoms with Crippen LogP contribution in [0.1, 0.15) is 31.0 Å². The lowest BCUT2D eigenvalue weighted by molar-refractivity contribution is 0.336. The van der Waals surface area contributed by atoms with Gasteiger partial charge in [0.15, 0.2) is 0 Å². The summed E-state index contributed by atoms with van der Waals surface area (Å²) >= 11 is 6.14. The fourth-order valence-corrected chi connectivity index (χ4v) is 3.10. The summed E-state index contributed by atoms with van der Waals surface area (Å²) in [6, 6.07) is 8.43. The van der Waals surface area contributed by atoms with Crippen molar-refractivity contribution in [1.29, 1.82) is 0 Å². The van der Waals surface area contributed by atoms with Crippen molar-refractivity contribution < 1.29 is 0 Å². The van der Waals surface area contributed by atoms with Crippen molar-refractivity contribution in [2.45, 2.75) is 26.3 Å². The number of hydrogen-bond donors (Lipinski definition) is 1. The minimum absolute atomic E-state index is 0.157. The van der Waals surface area contributed by atoms with Gasteiger partial charge in [-0.25, -0.2) is 0 Å². The Hall–Kier alpha value is -1.48. The van der Waals surface area contributed by atoms with Gasteiger partial charge < -0.3 is 5.32 Å². The zero-order valence-electron chi connectivity index (χ0n) is 11.4. The predicted molar refractivity (Wildman–Crippen MR) is 78.5 cm³/mol. The van der Waals surface area contributed by atoms with Gasteiger partial charge in [-0.2, -0.15) is 5.10 Å². The summed E-state index contributed by atoms with van der Waals surface area (Å²) in [4.78, 5) is 0. The summed E-state index contributed by atoms with van der Waals surface area (Å²) in [5, 5.41) is 8.75. The first kappa shape index (κ1) is 12.5. The Morgan fingerprint density at radius 2 is 2.16 bits per heavy atom. The Balaban J connectivity index is 1.97. The van der Waals surface area contributed by atoms with Gasteiger partial charge >= 0.3 is 0 Å². The largest absolute Gasteiger partial charge is 0.361 e. The lowest BCUT2D eigenvalue weighted by atomic mass is 9.85. The van der Waals surface area contributed by atoms with E-state index in [1.807, 2.05) is 30.1 Å². The molecule has 1 N–H and O–H groups in total. The van der Waals surface area contributed by atoms with Crippen LogP contribution in [0.3, 0.4) is 0 Å². The number of nitrogens with zero attached hydrogens (tertiary/aromatic N) is 2. The number of aryl methyl sites for hydroxylation is 1. The zero-order valence-corrected chi connectivity index (χ0v) is 12.2. The van der Waals surface area contributed by atoms with Crippen molar-refractivity contribution in [3.63, 3.8) is 0 Å².